The number of amides is 1. The van der Waals surface area contributed by atoms with Crippen LogP contribution in [-0.4, -0.2) is 63.6 Å². The normalized spacial score (nSPS) is 16.2. The molecular formula is C21H23FN4O2S2. The van der Waals surface area contributed by atoms with Crippen molar-refractivity contribution in [2.45, 2.75) is 24.3 Å². The Morgan fingerprint density at radius 3 is 2.63 bits per heavy atom. The number of nitrogens with zero attached hydrogens (tertiary/aromatic N) is 3. The van der Waals surface area contributed by atoms with Gasteiger partial charge in [-0.2, -0.15) is 0 Å². The first-order chi connectivity index (χ1) is 14.5. The summed E-state index contributed by atoms with van der Waals surface area (Å²) >= 11 is 2.64. The maximum absolute atomic E-state index is 13.2. The number of likely N-dealkylation sites (N-methyl/N-ethyl adjacent to an activating group) is 1. The van der Waals surface area contributed by atoms with Crippen LogP contribution in [0.4, 0.5) is 4.39 Å². The predicted molar refractivity (Wildman–Crippen MR) is 120 cm³/mol. The standard InChI is InChI=1S/C21H23FN4O2S2/c1-3-25-8-10-26(11-9-25)20(28)13(2)30-21-23-18(27)17-16(12-29-19(17)24-21)14-4-6-15(22)7-5-14/h4-7,12-13H,3,8-11H2,1-2H3,(H,23,24,27). The molecule has 4 rings (SSSR count). The first kappa shape index (κ1) is 21.0. The molecule has 1 atom stereocenters. The molecule has 1 aliphatic rings. The van der Waals surface area contributed by atoms with Crippen molar-refractivity contribution >= 4 is 39.2 Å². The molecule has 3 heterocycles. The van der Waals surface area contributed by atoms with Gasteiger partial charge in [-0.3, -0.25) is 9.59 Å². The van der Waals surface area contributed by atoms with Gasteiger partial charge in [-0.15, -0.1) is 11.3 Å². The van der Waals surface area contributed by atoms with Gasteiger partial charge in [0.05, 0.1) is 10.6 Å². The summed E-state index contributed by atoms with van der Waals surface area (Å²) in [5.41, 5.74) is 1.25. The van der Waals surface area contributed by atoms with Crippen molar-refractivity contribution in [3.05, 3.63) is 45.8 Å². The van der Waals surface area contributed by atoms with Crippen LogP contribution in [0.1, 0.15) is 13.8 Å². The average Bonchev–Trinajstić information content (AvgIpc) is 3.18. The largest absolute Gasteiger partial charge is 0.339 e. The van der Waals surface area contributed by atoms with Crippen LogP contribution in [0.3, 0.4) is 0 Å². The van der Waals surface area contributed by atoms with E-state index in [0.717, 1.165) is 43.9 Å². The molecule has 3 aromatic rings. The van der Waals surface area contributed by atoms with Crippen molar-refractivity contribution in [2.75, 3.05) is 32.7 Å². The van der Waals surface area contributed by atoms with Gasteiger partial charge in [-0.25, -0.2) is 9.37 Å². The summed E-state index contributed by atoms with van der Waals surface area (Å²) in [4.78, 5) is 37.8. The number of hydrogen-bond donors (Lipinski definition) is 1. The Hall–Kier alpha value is -2.23. The van der Waals surface area contributed by atoms with Crippen LogP contribution in [-0.2, 0) is 4.79 Å². The zero-order valence-corrected chi connectivity index (χ0v) is 18.5. The van der Waals surface area contributed by atoms with Crippen molar-refractivity contribution in [1.29, 1.82) is 0 Å². The molecule has 0 spiro atoms. The van der Waals surface area contributed by atoms with Gasteiger partial charge in [-0.05, 0) is 31.2 Å². The molecule has 2 aromatic heterocycles. The van der Waals surface area contributed by atoms with Crippen LogP contribution < -0.4 is 5.56 Å². The van der Waals surface area contributed by atoms with E-state index in [-0.39, 0.29) is 22.5 Å². The number of halogens is 1. The number of carbonyl (C=O) groups excluding carboxylic acids is 1. The minimum Gasteiger partial charge on any atom is -0.339 e. The molecule has 1 N–H and O–H groups in total. The molecule has 0 bridgehead atoms. The smallest absolute Gasteiger partial charge is 0.260 e. The number of hydrogen-bond acceptors (Lipinski definition) is 6. The predicted octanol–water partition coefficient (Wildman–Crippen LogP) is 3.44. The molecule has 1 fully saturated rings. The van der Waals surface area contributed by atoms with E-state index >= 15 is 0 Å². The number of thiophene rings is 1. The lowest BCUT2D eigenvalue weighted by molar-refractivity contribution is -0.132. The fourth-order valence-corrected chi connectivity index (χ4v) is 5.47. The van der Waals surface area contributed by atoms with Gasteiger partial charge in [0.2, 0.25) is 5.91 Å². The molecule has 1 amide bonds. The molecule has 0 saturated carbocycles. The number of benzene rings is 1. The molecule has 0 radical (unpaired) electrons. The van der Waals surface area contributed by atoms with E-state index in [4.69, 9.17) is 0 Å². The van der Waals surface area contributed by atoms with E-state index in [0.29, 0.717) is 15.4 Å². The molecular weight excluding hydrogens is 423 g/mol. The Balaban J connectivity index is 1.52. The van der Waals surface area contributed by atoms with Gasteiger partial charge < -0.3 is 14.8 Å². The van der Waals surface area contributed by atoms with Crippen LogP contribution in [0.15, 0.2) is 39.6 Å². The summed E-state index contributed by atoms with van der Waals surface area (Å²) in [6.45, 7) is 8.21. The third-order valence-electron chi connectivity index (χ3n) is 5.34. The first-order valence-electron chi connectivity index (χ1n) is 9.91. The number of H-pyrrole nitrogens is 1. The Morgan fingerprint density at radius 2 is 1.97 bits per heavy atom. The second-order valence-electron chi connectivity index (χ2n) is 7.23. The van der Waals surface area contributed by atoms with Crippen molar-refractivity contribution in [3.63, 3.8) is 0 Å². The highest BCUT2D eigenvalue weighted by molar-refractivity contribution is 8.00. The lowest BCUT2D eigenvalue weighted by Gasteiger charge is -2.35. The molecule has 1 unspecified atom stereocenters. The summed E-state index contributed by atoms with van der Waals surface area (Å²) in [5.74, 6) is -0.254. The zero-order valence-electron chi connectivity index (χ0n) is 16.9. The topological polar surface area (TPSA) is 69.3 Å². The third kappa shape index (κ3) is 4.28. The van der Waals surface area contributed by atoms with Crippen molar-refractivity contribution in [3.8, 4) is 11.1 Å². The molecule has 9 heteroatoms. The van der Waals surface area contributed by atoms with Gasteiger partial charge in [0.15, 0.2) is 5.16 Å². The van der Waals surface area contributed by atoms with Crippen LogP contribution in [0.25, 0.3) is 21.3 Å². The Kier molecular flexibility index (Phi) is 6.21. The minimum atomic E-state index is -0.338. The average molecular weight is 447 g/mol. The molecule has 30 heavy (non-hydrogen) atoms. The molecule has 1 aliphatic heterocycles. The fourth-order valence-electron chi connectivity index (χ4n) is 3.59. The summed E-state index contributed by atoms with van der Waals surface area (Å²) < 4.78 is 13.2. The summed E-state index contributed by atoms with van der Waals surface area (Å²) in [7, 11) is 0. The highest BCUT2D eigenvalue weighted by atomic mass is 32.2. The van der Waals surface area contributed by atoms with E-state index < -0.39 is 0 Å². The van der Waals surface area contributed by atoms with Crippen LogP contribution in [0.5, 0.6) is 0 Å². The number of nitrogens with one attached hydrogen (secondary N) is 1. The van der Waals surface area contributed by atoms with E-state index in [2.05, 4.69) is 21.8 Å². The Labute approximate surface area is 182 Å². The van der Waals surface area contributed by atoms with E-state index in [1.807, 2.05) is 17.2 Å². The summed E-state index contributed by atoms with van der Waals surface area (Å²) in [6, 6.07) is 6.05. The van der Waals surface area contributed by atoms with E-state index in [1.54, 1.807) is 12.1 Å². The zero-order chi connectivity index (χ0) is 21.3. The molecule has 158 valence electrons. The number of piperazine rings is 1. The number of aromatic amines is 1. The number of carbonyl (C=O) groups is 1. The SMILES string of the molecule is CCN1CCN(C(=O)C(C)Sc2nc3scc(-c4ccc(F)cc4)c3c(=O)[nH]2)CC1. The quantitative estimate of drug-likeness (QED) is 0.480. The maximum Gasteiger partial charge on any atom is 0.260 e. The number of rotatable bonds is 5. The summed E-state index contributed by atoms with van der Waals surface area (Å²) in [5, 5.41) is 2.45. The number of fused-ring (bicyclic) bond motifs is 1. The van der Waals surface area contributed by atoms with E-state index in [1.165, 1.54) is 35.2 Å². The second kappa shape index (κ2) is 8.87. The van der Waals surface area contributed by atoms with Crippen LogP contribution >= 0.6 is 23.1 Å². The van der Waals surface area contributed by atoms with Crippen molar-refractivity contribution in [2.24, 2.45) is 0 Å². The van der Waals surface area contributed by atoms with E-state index in [9.17, 15) is 14.0 Å². The molecule has 6 nitrogen and oxygen atoms in total. The van der Waals surface area contributed by atoms with Crippen molar-refractivity contribution < 1.29 is 9.18 Å². The van der Waals surface area contributed by atoms with Gasteiger partial charge in [0.1, 0.15) is 10.6 Å². The monoisotopic (exact) mass is 446 g/mol. The fraction of sp³-hybridized carbons (Fsp3) is 0.381. The van der Waals surface area contributed by atoms with Gasteiger partial charge in [0, 0.05) is 37.1 Å². The molecule has 0 aliphatic carbocycles. The maximum atomic E-state index is 13.2. The summed E-state index contributed by atoms with van der Waals surface area (Å²) in [6.07, 6.45) is 0. The lowest BCUT2D eigenvalue weighted by atomic mass is 10.1. The Morgan fingerprint density at radius 1 is 1.27 bits per heavy atom. The second-order valence-corrected chi connectivity index (χ2v) is 9.41. The van der Waals surface area contributed by atoms with Gasteiger partial charge in [-0.1, -0.05) is 30.8 Å². The Bertz CT molecular complexity index is 1100. The molecule has 1 saturated heterocycles. The molecule has 1 aromatic carbocycles. The van der Waals surface area contributed by atoms with Gasteiger partial charge >= 0.3 is 0 Å². The van der Waals surface area contributed by atoms with Crippen molar-refractivity contribution in [1.82, 2.24) is 19.8 Å². The highest BCUT2D eigenvalue weighted by Crippen LogP contribution is 2.32. The van der Waals surface area contributed by atoms with Crippen LogP contribution in [0, 0.1) is 5.82 Å². The van der Waals surface area contributed by atoms with Gasteiger partial charge in [0.25, 0.3) is 5.56 Å². The van der Waals surface area contributed by atoms with Crippen LogP contribution in [0.2, 0.25) is 0 Å². The number of thioether (sulfide) groups is 1. The minimum absolute atomic E-state index is 0.0664. The highest BCUT2D eigenvalue weighted by Gasteiger charge is 2.26. The lowest BCUT2D eigenvalue weighted by Crippen LogP contribution is -2.50. The number of aromatic nitrogens is 2. The third-order valence-corrected chi connectivity index (χ3v) is 7.19. The first-order valence-corrected chi connectivity index (χ1v) is 11.7.